The molecule has 0 aliphatic carbocycles. The summed E-state index contributed by atoms with van der Waals surface area (Å²) in [5.74, 6) is -0.163. The Hall–Kier alpha value is -2.89. The highest BCUT2D eigenvalue weighted by molar-refractivity contribution is 5.93. The van der Waals surface area contributed by atoms with E-state index in [0.29, 0.717) is 18.7 Å². The van der Waals surface area contributed by atoms with Gasteiger partial charge in [0.15, 0.2) is 0 Å². The number of carbonyl (C=O) groups is 1. The van der Waals surface area contributed by atoms with Crippen LogP contribution in [0, 0.1) is 0 Å². The Morgan fingerprint density at radius 1 is 1.24 bits per heavy atom. The molecule has 3 aromatic rings. The molecule has 0 bridgehead atoms. The minimum Gasteiger partial charge on any atom is -0.350 e. The third-order valence-electron chi connectivity index (χ3n) is 3.13. The molecule has 0 aliphatic rings. The number of hydrogen-bond acceptors (Lipinski definition) is 3. The van der Waals surface area contributed by atoms with Gasteiger partial charge < -0.3 is 10.3 Å². The number of aromatic nitrogens is 4. The van der Waals surface area contributed by atoms with Crippen molar-refractivity contribution in [2.24, 2.45) is 0 Å². The quantitative estimate of drug-likeness (QED) is 0.666. The second-order valence-electron chi connectivity index (χ2n) is 4.62. The van der Waals surface area contributed by atoms with Crippen LogP contribution >= 0.6 is 0 Å². The van der Waals surface area contributed by atoms with Crippen LogP contribution in [0.4, 0.5) is 0 Å². The molecule has 0 unspecified atom stereocenters. The van der Waals surface area contributed by atoms with Gasteiger partial charge >= 0.3 is 0 Å². The number of aromatic amines is 2. The Bertz CT molecular complexity index is 703. The molecule has 0 radical (unpaired) electrons. The lowest BCUT2D eigenvalue weighted by Gasteiger charge is -2.01. The molecule has 3 N–H and O–H groups in total. The monoisotopic (exact) mass is 281 g/mol. The lowest BCUT2D eigenvalue weighted by molar-refractivity contribution is 0.0949. The number of H-pyrrole nitrogens is 2. The van der Waals surface area contributed by atoms with Crippen LogP contribution in [0.1, 0.15) is 16.2 Å². The highest BCUT2D eigenvalue weighted by Gasteiger charge is 2.10. The van der Waals surface area contributed by atoms with Crippen molar-refractivity contribution >= 4 is 5.91 Å². The van der Waals surface area contributed by atoms with Crippen molar-refractivity contribution in [2.45, 2.75) is 6.42 Å². The summed E-state index contributed by atoms with van der Waals surface area (Å²) in [4.78, 5) is 18.9. The van der Waals surface area contributed by atoms with Gasteiger partial charge in [-0.3, -0.25) is 9.89 Å². The minimum absolute atomic E-state index is 0.163. The van der Waals surface area contributed by atoms with Crippen molar-refractivity contribution < 1.29 is 4.79 Å². The zero-order valence-corrected chi connectivity index (χ0v) is 11.3. The Morgan fingerprint density at radius 3 is 2.86 bits per heavy atom. The molecular weight excluding hydrogens is 266 g/mol. The zero-order chi connectivity index (χ0) is 14.5. The number of rotatable bonds is 5. The van der Waals surface area contributed by atoms with Crippen LogP contribution in [0.2, 0.25) is 0 Å². The fourth-order valence-electron chi connectivity index (χ4n) is 2.02. The van der Waals surface area contributed by atoms with Crippen molar-refractivity contribution in [3.05, 3.63) is 60.3 Å². The molecular formula is C15H15N5O. The van der Waals surface area contributed by atoms with Crippen LogP contribution in [-0.2, 0) is 6.42 Å². The predicted molar refractivity (Wildman–Crippen MR) is 78.6 cm³/mol. The van der Waals surface area contributed by atoms with E-state index in [2.05, 4.69) is 25.5 Å². The lowest BCUT2D eigenvalue weighted by Crippen LogP contribution is -2.26. The Kier molecular flexibility index (Phi) is 3.77. The number of nitrogens with one attached hydrogen (secondary N) is 3. The molecule has 0 saturated carbocycles. The van der Waals surface area contributed by atoms with Crippen molar-refractivity contribution in [3.8, 4) is 11.3 Å². The predicted octanol–water partition coefficient (Wildman–Crippen LogP) is 1.77. The van der Waals surface area contributed by atoms with Gasteiger partial charge in [-0.05, 0) is 6.07 Å². The molecule has 6 nitrogen and oxygen atoms in total. The van der Waals surface area contributed by atoms with Crippen LogP contribution in [0.25, 0.3) is 11.3 Å². The molecule has 21 heavy (non-hydrogen) atoms. The van der Waals surface area contributed by atoms with Crippen LogP contribution in [-0.4, -0.2) is 32.6 Å². The third-order valence-corrected chi connectivity index (χ3v) is 3.13. The molecule has 1 aromatic carbocycles. The fourth-order valence-corrected chi connectivity index (χ4v) is 2.02. The van der Waals surface area contributed by atoms with Gasteiger partial charge in [0.05, 0.1) is 12.0 Å². The maximum Gasteiger partial charge on any atom is 0.269 e. The number of benzene rings is 1. The minimum atomic E-state index is -0.163. The van der Waals surface area contributed by atoms with E-state index < -0.39 is 0 Å². The zero-order valence-electron chi connectivity index (χ0n) is 11.3. The topological polar surface area (TPSA) is 86.5 Å². The summed E-state index contributed by atoms with van der Waals surface area (Å²) in [5.41, 5.74) is 3.18. The van der Waals surface area contributed by atoms with Crippen molar-refractivity contribution in [1.29, 1.82) is 0 Å². The summed E-state index contributed by atoms with van der Waals surface area (Å²) in [5, 5.41) is 9.77. The summed E-state index contributed by atoms with van der Waals surface area (Å²) in [6, 6.07) is 11.5. The molecule has 1 amide bonds. The number of carbonyl (C=O) groups excluding carboxylic acids is 1. The largest absolute Gasteiger partial charge is 0.350 e. The summed E-state index contributed by atoms with van der Waals surface area (Å²) in [7, 11) is 0. The SMILES string of the molecule is O=C(NCCc1cnc[nH]1)c1cc(-c2ccccc2)n[nH]1. The van der Waals surface area contributed by atoms with Crippen LogP contribution in [0.3, 0.4) is 0 Å². The van der Waals surface area contributed by atoms with Crippen molar-refractivity contribution in [1.82, 2.24) is 25.5 Å². The molecule has 106 valence electrons. The standard InChI is InChI=1S/C15H15N5O/c21-15(17-7-6-12-9-16-10-18-12)14-8-13(19-20-14)11-4-2-1-3-5-11/h1-5,8-10H,6-7H2,(H,16,18)(H,17,21)(H,19,20). The van der Waals surface area contributed by atoms with Crippen molar-refractivity contribution in [3.63, 3.8) is 0 Å². The Labute approximate surface area is 121 Å². The number of nitrogens with zero attached hydrogens (tertiary/aromatic N) is 2. The van der Waals surface area contributed by atoms with E-state index in [0.717, 1.165) is 17.0 Å². The van der Waals surface area contributed by atoms with Gasteiger partial charge in [-0.25, -0.2) is 4.98 Å². The molecule has 0 atom stereocenters. The Balaban J connectivity index is 1.59. The summed E-state index contributed by atoms with van der Waals surface area (Å²) < 4.78 is 0. The number of imidazole rings is 1. The average molecular weight is 281 g/mol. The van der Waals surface area contributed by atoms with Gasteiger partial charge in [0.2, 0.25) is 0 Å². The molecule has 3 rings (SSSR count). The van der Waals surface area contributed by atoms with Gasteiger partial charge in [-0.1, -0.05) is 30.3 Å². The molecule has 0 spiro atoms. The van der Waals surface area contributed by atoms with Crippen LogP contribution in [0.15, 0.2) is 48.9 Å². The van der Waals surface area contributed by atoms with Crippen molar-refractivity contribution in [2.75, 3.05) is 6.54 Å². The molecule has 6 heteroatoms. The van der Waals surface area contributed by atoms with Gasteiger partial charge in [0.1, 0.15) is 5.69 Å². The van der Waals surface area contributed by atoms with E-state index in [4.69, 9.17) is 0 Å². The molecule has 2 aromatic heterocycles. The molecule has 0 aliphatic heterocycles. The van der Waals surface area contributed by atoms with Gasteiger partial charge in [0.25, 0.3) is 5.91 Å². The van der Waals surface area contributed by atoms with E-state index in [9.17, 15) is 4.79 Å². The smallest absolute Gasteiger partial charge is 0.269 e. The lowest BCUT2D eigenvalue weighted by atomic mass is 10.1. The van der Waals surface area contributed by atoms with Gasteiger partial charge in [-0.2, -0.15) is 5.10 Å². The highest BCUT2D eigenvalue weighted by Crippen LogP contribution is 2.16. The maximum absolute atomic E-state index is 12.0. The molecule has 0 saturated heterocycles. The first-order valence-corrected chi connectivity index (χ1v) is 6.69. The first-order chi connectivity index (χ1) is 10.3. The van der Waals surface area contributed by atoms with E-state index in [-0.39, 0.29) is 5.91 Å². The summed E-state index contributed by atoms with van der Waals surface area (Å²) in [6.45, 7) is 0.542. The summed E-state index contributed by atoms with van der Waals surface area (Å²) in [6.07, 6.45) is 4.08. The van der Waals surface area contributed by atoms with E-state index in [1.165, 1.54) is 0 Å². The van der Waals surface area contributed by atoms with Gasteiger partial charge in [0, 0.05) is 30.4 Å². The van der Waals surface area contributed by atoms with E-state index in [1.54, 1.807) is 18.6 Å². The fraction of sp³-hybridized carbons (Fsp3) is 0.133. The first kappa shape index (κ1) is 13.1. The van der Waals surface area contributed by atoms with Crippen LogP contribution < -0.4 is 5.32 Å². The summed E-state index contributed by atoms with van der Waals surface area (Å²) >= 11 is 0. The van der Waals surface area contributed by atoms with E-state index >= 15 is 0 Å². The van der Waals surface area contributed by atoms with Gasteiger partial charge in [-0.15, -0.1) is 0 Å². The van der Waals surface area contributed by atoms with Crippen LogP contribution in [0.5, 0.6) is 0 Å². The average Bonchev–Trinajstić information content (AvgIpc) is 3.20. The highest BCUT2D eigenvalue weighted by atomic mass is 16.1. The second-order valence-corrected chi connectivity index (χ2v) is 4.62. The molecule has 2 heterocycles. The second kappa shape index (κ2) is 6.04. The third kappa shape index (κ3) is 3.17. The maximum atomic E-state index is 12.0. The molecule has 0 fully saturated rings. The normalized spacial score (nSPS) is 10.5. The first-order valence-electron chi connectivity index (χ1n) is 6.69. The number of hydrogen-bond donors (Lipinski definition) is 3. The number of amides is 1. The van der Waals surface area contributed by atoms with E-state index in [1.807, 2.05) is 30.3 Å². The Morgan fingerprint density at radius 2 is 2.10 bits per heavy atom.